The summed E-state index contributed by atoms with van der Waals surface area (Å²) in [5.41, 5.74) is 2.47. The minimum absolute atomic E-state index is 0.00964. The van der Waals surface area contributed by atoms with Crippen molar-refractivity contribution in [3.63, 3.8) is 0 Å². The predicted molar refractivity (Wildman–Crippen MR) is 148 cm³/mol. The number of nitrogens with one attached hydrogen (secondary N) is 1. The molecule has 0 saturated carbocycles. The number of rotatable bonds is 11. The Morgan fingerprint density at radius 2 is 1.78 bits per heavy atom. The zero-order valence-electron chi connectivity index (χ0n) is 22.0. The summed E-state index contributed by atoms with van der Waals surface area (Å²) in [6, 6.07) is 17.1. The van der Waals surface area contributed by atoms with Gasteiger partial charge in [0.25, 0.3) is 5.91 Å². The van der Waals surface area contributed by atoms with Gasteiger partial charge in [0, 0.05) is 23.5 Å². The molecule has 1 aliphatic heterocycles. The SMILES string of the molecule is CCOc1ccc(CCNC(=O)[C@H]2c3ccccc3C(=O)N(CC(C)C)[C@@H]2c2cccs2)cc1OCC. The zero-order chi connectivity index (χ0) is 26.4. The third kappa shape index (κ3) is 5.99. The summed E-state index contributed by atoms with van der Waals surface area (Å²) in [4.78, 5) is 30.3. The van der Waals surface area contributed by atoms with E-state index in [-0.39, 0.29) is 23.8 Å². The monoisotopic (exact) mass is 520 g/mol. The van der Waals surface area contributed by atoms with Crippen molar-refractivity contribution < 1.29 is 19.1 Å². The van der Waals surface area contributed by atoms with E-state index in [1.165, 1.54) is 0 Å². The van der Waals surface area contributed by atoms with Gasteiger partial charge in [-0.2, -0.15) is 0 Å². The molecule has 3 aromatic rings. The van der Waals surface area contributed by atoms with E-state index < -0.39 is 5.92 Å². The molecule has 4 rings (SSSR count). The first-order valence-corrected chi connectivity index (χ1v) is 13.9. The smallest absolute Gasteiger partial charge is 0.254 e. The number of fused-ring (bicyclic) bond motifs is 1. The highest BCUT2D eigenvalue weighted by molar-refractivity contribution is 7.10. The van der Waals surface area contributed by atoms with Gasteiger partial charge in [0.1, 0.15) is 0 Å². The highest BCUT2D eigenvalue weighted by Gasteiger charge is 2.44. The van der Waals surface area contributed by atoms with Gasteiger partial charge in [0.2, 0.25) is 5.91 Å². The molecule has 2 amide bonds. The molecule has 1 N–H and O–H groups in total. The van der Waals surface area contributed by atoms with Crippen LogP contribution in [0, 0.1) is 5.92 Å². The molecule has 2 atom stereocenters. The third-order valence-electron chi connectivity index (χ3n) is 6.44. The summed E-state index contributed by atoms with van der Waals surface area (Å²) >= 11 is 1.59. The van der Waals surface area contributed by atoms with Gasteiger partial charge < -0.3 is 19.7 Å². The summed E-state index contributed by atoms with van der Waals surface area (Å²) in [7, 11) is 0. The Morgan fingerprint density at radius 1 is 1.03 bits per heavy atom. The second-order valence-electron chi connectivity index (χ2n) is 9.56. The number of hydrogen-bond donors (Lipinski definition) is 1. The van der Waals surface area contributed by atoms with Gasteiger partial charge in [0.05, 0.1) is 25.2 Å². The van der Waals surface area contributed by atoms with Gasteiger partial charge in [-0.1, -0.05) is 44.2 Å². The van der Waals surface area contributed by atoms with Crippen LogP contribution in [0.2, 0.25) is 0 Å². The minimum Gasteiger partial charge on any atom is -0.490 e. The Bertz CT molecular complexity index is 1210. The number of nitrogens with zero attached hydrogens (tertiary/aromatic N) is 1. The Hall–Kier alpha value is -3.32. The number of hydrogen-bond acceptors (Lipinski definition) is 5. The lowest BCUT2D eigenvalue weighted by molar-refractivity contribution is -0.124. The molecule has 0 unspecified atom stereocenters. The fraction of sp³-hybridized carbons (Fsp3) is 0.400. The summed E-state index contributed by atoms with van der Waals surface area (Å²) in [6.07, 6.45) is 0.658. The molecule has 6 nitrogen and oxygen atoms in total. The van der Waals surface area contributed by atoms with Crippen molar-refractivity contribution in [3.8, 4) is 11.5 Å². The molecule has 0 fully saturated rings. The van der Waals surface area contributed by atoms with Crippen molar-refractivity contribution in [3.05, 3.63) is 81.5 Å². The van der Waals surface area contributed by atoms with Crippen LogP contribution < -0.4 is 14.8 Å². The average molecular weight is 521 g/mol. The quantitative estimate of drug-likeness (QED) is 0.345. The van der Waals surface area contributed by atoms with Crippen LogP contribution in [-0.2, 0) is 11.2 Å². The van der Waals surface area contributed by atoms with Crippen molar-refractivity contribution in [2.45, 2.75) is 46.1 Å². The largest absolute Gasteiger partial charge is 0.490 e. The fourth-order valence-electron chi connectivity index (χ4n) is 4.94. The Labute approximate surface area is 223 Å². The Balaban J connectivity index is 1.58. The molecule has 7 heteroatoms. The number of amides is 2. The second-order valence-corrected chi connectivity index (χ2v) is 10.5. The van der Waals surface area contributed by atoms with E-state index in [0.717, 1.165) is 27.5 Å². The molecule has 0 spiro atoms. The van der Waals surface area contributed by atoms with E-state index in [0.29, 0.717) is 38.3 Å². The summed E-state index contributed by atoms with van der Waals surface area (Å²) in [5, 5.41) is 5.17. The van der Waals surface area contributed by atoms with Crippen molar-refractivity contribution in [1.29, 1.82) is 0 Å². The normalized spacial score (nSPS) is 17.0. The molecule has 2 aromatic carbocycles. The first-order chi connectivity index (χ1) is 17.9. The molecule has 0 saturated heterocycles. The van der Waals surface area contributed by atoms with E-state index in [4.69, 9.17) is 9.47 Å². The zero-order valence-corrected chi connectivity index (χ0v) is 22.8. The molecular formula is C30H36N2O4S. The molecule has 1 aliphatic rings. The van der Waals surface area contributed by atoms with Crippen LogP contribution in [-0.4, -0.2) is 43.0 Å². The highest BCUT2D eigenvalue weighted by Crippen LogP contribution is 2.44. The van der Waals surface area contributed by atoms with Gasteiger partial charge in [-0.25, -0.2) is 0 Å². The van der Waals surface area contributed by atoms with E-state index in [9.17, 15) is 9.59 Å². The Morgan fingerprint density at radius 3 is 2.49 bits per heavy atom. The highest BCUT2D eigenvalue weighted by atomic mass is 32.1. The molecule has 0 bridgehead atoms. The van der Waals surface area contributed by atoms with Gasteiger partial charge >= 0.3 is 0 Å². The molecular weight excluding hydrogens is 484 g/mol. The number of ether oxygens (including phenoxy) is 2. The van der Waals surface area contributed by atoms with Gasteiger partial charge in [-0.3, -0.25) is 9.59 Å². The van der Waals surface area contributed by atoms with Crippen LogP contribution in [0.25, 0.3) is 0 Å². The van der Waals surface area contributed by atoms with E-state index in [2.05, 4.69) is 19.2 Å². The van der Waals surface area contributed by atoms with E-state index >= 15 is 0 Å². The fourth-order valence-corrected chi connectivity index (χ4v) is 5.81. The summed E-state index contributed by atoms with van der Waals surface area (Å²) in [6.45, 7) is 10.3. The average Bonchev–Trinajstić information content (AvgIpc) is 3.41. The van der Waals surface area contributed by atoms with Crippen molar-refractivity contribution in [1.82, 2.24) is 10.2 Å². The van der Waals surface area contributed by atoms with Crippen LogP contribution in [0.3, 0.4) is 0 Å². The van der Waals surface area contributed by atoms with Gasteiger partial charge in [0.15, 0.2) is 11.5 Å². The molecule has 0 radical (unpaired) electrons. The van der Waals surface area contributed by atoms with Crippen LogP contribution >= 0.6 is 11.3 Å². The first-order valence-electron chi connectivity index (χ1n) is 13.0. The van der Waals surface area contributed by atoms with E-state index in [1.807, 2.05) is 78.7 Å². The first kappa shape index (κ1) is 26.7. The lowest BCUT2D eigenvalue weighted by Gasteiger charge is -2.42. The van der Waals surface area contributed by atoms with Crippen LogP contribution in [0.4, 0.5) is 0 Å². The lowest BCUT2D eigenvalue weighted by Crippen LogP contribution is -2.48. The van der Waals surface area contributed by atoms with Crippen LogP contribution in [0.5, 0.6) is 11.5 Å². The van der Waals surface area contributed by atoms with Crippen LogP contribution in [0.1, 0.15) is 66.0 Å². The molecule has 0 aliphatic carbocycles. The van der Waals surface area contributed by atoms with Gasteiger partial charge in [-0.05, 0) is 67.0 Å². The maximum Gasteiger partial charge on any atom is 0.254 e. The number of carbonyl (C=O) groups excluding carboxylic acids is 2. The maximum atomic E-state index is 13.8. The Kier molecular flexibility index (Phi) is 8.87. The summed E-state index contributed by atoms with van der Waals surface area (Å²) < 4.78 is 11.4. The molecule has 2 heterocycles. The minimum atomic E-state index is -0.481. The number of benzene rings is 2. The van der Waals surface area contributed by atoms with Crippen molar-refractivity contribution in [2.75, 3.05) is 26.3 Å². The number of thiophene rings is 1. The third-order valence-corrected chi connectivity index (χ3v) is 7.38. The van der Waals surface area contributed by atoms with Crippen molar-refractivity contribution in [2.24, 2.45) is 5.92 Å². The van der Waals surface area contributed by atoms with Crippen LogP contribution in [0.15, 0.2) is 60.0 Å². The summed E-state index contributed by atoms with van der Waals surface area (Å²) in [5.74, 6) is 1.16. The standard InChI is InChI=1S/C30H36N2O4S/c1-5-35-24-14-13-21(18-25(24)36-6-2)15-16-31-29(33)27-22-10-7-8-11-23(22)30(34)32(19-20(3)4)28(27)26-12-9-17-37-26/h7-14,17-18,20,27-28H,5-6,15-16,19H2,1-4H3,(H,31,33)/t27-,28+/m0/s1. The molecule has 1 aromatic heterocycles. The van der Waals surface area contributed by atoms with Gasteiger partial charge in [-0.15, -0.1) is 11.3 Å². The molecule has 37 heavy (non-hydrogen) atoms. The molecule has 196 valence electrons. The lowest BCUT2D eigenvalue weighted by atomic mass is 9.81. The van der Waals surface area contributed by atoms with E-state index in [1.54, 1.807) is 11.3 Å². The number of carbonyl (C=O) groups is 2. The topological polar surface area (TPSA) is 67.9 Å². The predicted octanol–water partition coefficient (Wildman–Crippen LogP) is 5.84. The maximum absolute atomic E-state index is 13.8. The second kappa shape index (κ2) is 12.3. The van der Waals surface area contributed by atoms with Crippen molar-refractivity contribution >= 4 is 23.2 Å².